The predicted octanol–water partition coefficient (Wildman–Crippen LogP) is 3.07. The third-order valence-corrected chi connectivity index (χ3v) is 2.53. The maximum absolute atomic E-state index is 13.7. The van der Waals surface area contributed by atoms with E-state index in [1.54, 1.807) is 20.8 Å². The van der Waals surface area contributed by atoms with Crippen LogP contribution in [0.3, 0.4) is 0 Å². The lowest BCUT2D eigenvalue weighted by atomic mass is 10.1. The van der Waals surface area contributed by atoms with E-state index < -0.39 is 29.4 Å². The number of rotatable bonds is 3. The Morgan fingerprint density at radius 3 is 2.45 bits per heavy atom. The topological polar surface area (TPSA) is 46.6 Å². The first-order chi connectivity index (χ1) is 9.17. The van der Waals surface area contributed by atoms with E-state index in [2.05, 4.69) is 0 Å². The van der Waals surface area contributed by atoms with Crippen molar-refractivity contribution >= 4 is 12.4 Å². The molecule has 6 heteroatoms. The van der Waals surface area contributed by atoms with Crippen molar-refractivity contribution in [3.63, 3.8) is 0 Å². The maximum Gasteiger partial charge on any atom is 0.410 e. The molecule has 0 aliphatic heterocycles. The lowest BCUT2D eigenvalue weighted by Crippen LogP contribution is -2.37. The maximum atomic E-state index is 13.7. The highest BCUT2D eigenvalue weighted by atomic mass is 19.2. The molecular formula is C14H17F2NO3. The third kappa shape index (κ3) is 3.76. The van der Waals surface area contributed by atoms with E-state index in [1.165, 1.54) is 19.2 Å². The molecule has 0 aliphatic carbocycles. The average molecular weight is 285 g/mol. The summed E-state index contributed by atoms with van der Waals surface area (Å²) in [7, 11) is 1.29. The zero-order valence-electron chi connectivity index (χ0n) is 11.8. The minimum absolute atomic E-state index is 0.214. The van der Waals surface area contributed by atoms with E-state index in [-0.39, 0.29) is 5.56 Å². The molecule has 0 heterocycles. The normalized spacial score (nSPS) is 12.7. The number of ether oxygens (including phenoxy) is 1. The number of likely N-dealkylation sites (N-methyl/N-ethyl adjacent to an activating group) is 1. The molecule has 1 unspecified atom stereocenters. The van der Waals surface area contributed by atoms with Gasteiger partial charge >= 0.3 is 6.09 Å². The fourth-order valence-corrected chi connectivity index (χ4v) is 1.57. The van der Waals surface area contributed by atoms with Gasteiger partial charge in [0.25, 0.3) is 0 Å². The van der Waals surface area contributed by atoms with Gasteiger partial charge in [0.1, 0.15) is 17.9 Å². The smallest absolute Gasteiger partial charge is 0.410 e. The number of aldehydes is 1. The van der Waals surface area contributed by atoms with Crippen molar-refractivity contribution in [2.75, 3.05) is 7.05 Å². The van der Waals surface area contributed by atoms with Gasteiger partial charge in [-0.25, -0.2) is 13.6 Å². The zero-order valence-corrected chi connectivity index (χ0v) is 11.8. The van der Waals surface area contributed by atoms with Gasteiger partial charge in [-0.15, -0.1) is 0 Å². The number of amides is 1. The van der Waals surface area contributed by atoms with Crippen LogP contribution in [0, 0.1) is 11.6 Å². The quantitative estimate of drug-likeness (QED) is 0.802. The number of nitrogens with zero attached hydrogens (tertiary/aromatic N) is 1. The van der Waals surface area contributed by atoms with Crippen molar-refractivity contribution in [2.24, 2.45) is 0 Å². The molecule has 1 aromatic rings. The third-order valence-electron chi connectivity index (χ3n) is 2.53. The van der Waals surface area contributed by atoms with Gasteiger partial charge in [-0.2, -0.15) is 0 Å². The number of carbonyl (C=O) groups is 2. The number of hydrogen-bond donors (Lipinski definition) is 0. The summed E-state index contributed by atoms with van der Waals surface area (Å²) >= 11 is 0. The number of hydrogen-bond acceptors (Lipinski definition) is 3. The van der Waals surface area contributed by atoms with Crippen molar-refractivity contribution in [1.29, 1.82) is 0 Å². The first kappa shape index (κ1) is 16.1. The van der Waals surface area contributed by atoms with Gasteiger partial charge in [-0.1, -0.05) is 12.1 Å². The first-order valence-corrected chi connectivity index (χ1v) is 6.02. The summed E-state index contributed by atoms with van der Waals surface area (Å²) in [5.74, 6) is -2.23. The van der Waals surface area contributed by atoms with E-state index in [9.17, 15) is 18.4 Å². The van der Waals surface area contributed by atoms with Gasteiger partial charge in [0.05, 0.1) is 0 Å². The number of halogens is 2. The van der Waals surface area contributed by atoms with Crippen LogP contribution in [0.2, 0.25) is 0 Å². The fraction of sp³-hybridized carbons (Fsp3) is 0.429. The second-order valence-corrected chi connectivity index (χ2v) is 5.32. The molecule has 0 saturated heterocycles. The summed E-state index contributed by atoms with van der Waals surface area (Å²) in [4.78, 5) is 23.9. The summed E-state index contributed by atoms with van der Waals surface area (Å²) in [6, 6.07) is 2.21. The Hall–Kier alpha value is -1.98. The molecule has 1 rings (SSSR count). The van der Waals surface area contributed by atoms with Crippen LogP contribution < -0.4 is 0 Å². The van der Waals surface area contributed by atoms with Crippen LogP contribution in [0.15, 0.2) is 18.2 Å². The van der Waals surface area contributed by atoms with Crippen molar-refractivity contribution in [1.82, 2.24) is 4.90 Å². The average Bonchev–Trinajstić information content (AvgIpc) is 2.33. The van der Waals surface area contributed by atoms with Crippen molar-refractivity contribution in [2.45, 2.75) is 32.4 Å². The molecule has 0 N–H and O–H groups in total. The Morgan fingerprint density at radius 1 is 1.35 bits per heavy atom. The molecule has 0 aromatic heterocycles. The molecule has 1 aromatic carbocycles. The summed E-state index contributed by atoms with van der Waals surface area (Å²) in [5.41, 5.74) is -0.965. The van der Waals surface area contributed by atoms with Crippen molar-refractivity contribution < 1.29 is 23.1 Å². The fourth-order valence-electron chi connectivity index (χ4n) is 1.57. The lowest BCUT2D eigenvalue weighted by Gasteiger charge is -2.28. The summed E-state index contributed by atoms with van der Waals surface area (Å²) < 4.78 is 32.0. The molecule has 110 valence electrons. The summed E-state index contributed by atoms with van der Waals surface area (Å²) in [5, 5.41) is 0. The van der Waals surface area contributed by atoms with Crippen LogP contribution in [-0.2, 0) is 9.53 Å². The van der Waals surface area contributed by atoms with Gasteiger partial charge in [0, 0.05) is 12.6 Å². The zero-order chi connectivity index (χ0) is 15.5. The highest BCUT2D eigenvalue weighted by Gasteiger charge is 2.28. The lowest BCUT2D eigenvalue weighted by molar-refractivity contribution is -0.112. The molecule has 1 atom stereocenters. The van der Waals surface area contributed by atoms with E-state index in [1.807, 2.05) is 0 Å². The molecular weight excluding hydrogens is 268 g/mol. The standard InChI is InChI=1S/C14H17F2NO3/c1-14(2,3)20-13(19)17(4)11(8-18)9-6-5-7-10(15)12(9)16/h5-8,11H,1-4H3. The monoisotopic (exact) mass is 285 g/mol. The Morgan fingerprint density at radius 2 is 1.95 bits per heavy atom. The second-order valence-electron chi connectivity index (χ2n) is 5.32. The Kier molecular flexibility index (Phi) is 4.81. The van der Waals surface area contributed by atoms with Crippen LogP contribution in [0.4, 0.5) is 13.6 Å². The minimum atomic E-state index is -1.25. The van der Waals surface area contributed by atoms with Crippen molar-refractivity contribution in [3.05, 3.63) is 35.4 Å². The predicted molar refractivity (Wildman–Crippen MR) is 69.2 cm³/mol. The highest BCUT2D eigenvalue weighted by molar-refractivity contribution is 5.74. The van der Waals surface area contributed by atoms with Gasteiger partial charge in [-0.3, -0.25) is 4.90 Å². The molecule has 1 amide bonds. The Balaban J connectivity index is 3.04. The van der Waals surface area contributed by atoms with Crippen LogP contribution in [0.1, 0.15) is 32.4 Å². The van der Waals surface area contributed by atoms with Gasteiger partial charge in [0.2, 0.25) is 0 Å². The van der Waals surface area contributed by atoms with Gasteiger partial charge in [0.15, 0.2) is 11.6 Å². The number of benzene rings is 1. The van der Waals surface area contributed by atoms with Crippen LogP contribution in [0.5, 0.6) is 0 Å². The van der Waals surface area contributed by atoms with E-state index in [0.29, 0.717) is 6.29 Å². The van der Waals surface area contributed by atoms with Crippen molar-refractivity contribution in [3.8, 4) is 0 Å². The van der Waals surface area contributed by atoms with Gasteiger partial charge in [-0.05, 0) is 26.8 Å². The van der Waals surface area contributed by atoms with E-state index >= 15 is 0 Å². The molecule has 0 fully saturated rings. The minimum Gasteiger partial charge on any atom is -0.444 e. The van der Waals surface area contributed by atoms with Crippen LogP contribution in [0.25, 0.3) is 0 Å². The van der Waals surface area contributed by atoms with E-state index in [4.69, 9.17) is 4.74 Å². The summed E-state index contributed by atoms with van der Waals surface area (Å²) in [6.07, 6.45) is -0.430. The molecule has 0 spiro atoms. The van der Waals surface area contributed by atoms with Gasteiger partial charge < -0.3 is 9.53 Å². The second kappa shape index (κ2) is 5.98. The number of carbonyl (C=O) groups excluding carboxylic acids is 2. The largest absolute Gasteiger partial charge is 0.444 e. The molecule has 0 aliphatic rings. The molecule has 20 heavy (non-hydrogen) atoms. The molecule has 0 saturated carbocycles. The Bertz CT molecular complexity index is 512. The Labute approximate surface area is 116 Å². The van der Waals surface area contributed by atoms with E-state index in [0.717, 1.165) is 11.0 Å². The SMILES string of the molecule is CN(C(=O)OC(C)(C)C)C(C=O)c1cccc(F)c1F. The molecule has 0 radical (unpaired) electrons. The van der Waals surface area contributed by atoms with Crippen LogP contribution in [-0.4, -0.2) is 29.9 Å². The van der Waals surface area contributed by atoms with Crippen LogP contribution >= 0.6 is 0 Å². The highest BCUT2D eigenvalue weighted by Crippen LogP contribution is 2.23. The molecule has 4 nitrogen and oxygen atoms in total. The molecule has 0 bridgehead atoms. The first-order valence-electron chi connectivity index (χ1n) is 6.02. The summed E-state index contributed by atoms with van der Waals surface area (Å²) in [6.45, 7) is 4.99.